The highest BCUT2D eigenvalue weighted by Gasteiger charge is 2.45. The van der Waals surface area contributed by atoms with Crippen molar-refractivity contribution in [2.75, 3.05) is 33.3 Å². The van der Waals surface area contributed by atoms with Gasteiger partial charge in [0, 0.05) is 22.2 Å². The van der Waals surface area contributed by atoms with E-state index in [1.165, 1.54) is 7.11 Å². The molecule has 1 aliphatic heterocycles. The van der Waals surface area contributed by atoms with E-state index in [-0.39, 0.29) is 11.3 Å². The number of rotatable bonds is 8. The van der Waals surface area contributed by atoms with Crippen LogP contribution in [0, 0.1) is 3.57 Å². The Morgan fingerprint density at radius 3 is 2.42 bits per heavy atom. The van der Waals surface area contributed by atoms with Crippen LogP contribution < -0.4 is 4.74 Å². The Kier molecular flexibility index (Phi) is 7.72. The van der Waals surface area contributed by atoms with Crippen LogP contribution in [0.15, 0.2) is 54.1 Å². The van der Waals surface area contributed by atoms with Gasteiger partial charge in [-0.05, 0) is 65.5 Å². The molecule has 1 heterocycles. The standard InChI is InChI=1S/C24H27IN2O4/c1-4-26(5-2)13-14-27-21(16-9-11-18(25)12-10-16)20(23(29)24(27)30)22(28)17-7-6-8-19(15-17)31-3/h6-12,15,21,28H,4-5,13-14H2,1-3H3/b22-20+. The second-order valence-corrected chi connectivity index (χ2v) is 8.55. The molecule has 164 valence electrons. The fraction of sp³-hybridized carbons (Fsp3) is 0.333. The molecule has 0 saturated carbocycles. The summed E-state index contributed by atoms with van der Waals surface area (Å²) >= 11 is 2.21. The fourth-order valence-corrected chi connectivity index (χ4v) is 4.18. The number of amides is 1. The average molecular weight is 534 g/mol. The smallest absolute Gasteiger partial charge is 0.295 e. The minimum absolute atomic E-state index is 0.110. The first-order valence-corrected chi connectivity index (χ1v) is 11.4. The molecule has 1 fully saturated rings. The number of likely N-dealkylation sites (tertiary alicyclic amines) is 1. The monoisotopic (exact) mass is 534 g/mol. The summed E-state index contributed by atoms with van der Waals surface area (Å²) in [5.74, 6) is -0.875. The molecule has 1 unspecified atom stereocenters. The molecular formula is C24H27IN2O4. The summed E-state index contributed by atoms with van der Waals surface area (Å²) in [6.07, 6.45) is 0. The number of benzene rings is 2. The maximum Gasteiger partial charge on any atom is 0.295 e. The first kappa shape index (κ1) is 23.3. The number of nitrogens with zero attached hydrogens (tertiary/aromatic N) is 2. The molecular weight excluding hydrogens is 507 g/mol. The lowest BCUT2D eigenvalue weighted by Gasteiger charge is -2.28. The number of carbonyl (C=O) groups excluding carboxylic acids is 2. The fourth-order valence-electron chi connectivity index (χ4n) is 3.82. The van der Waals surface area contributed by atoms with Gasteiger partial charge in [0.1, 0.15) is 11.5 Å². The van der Waals surface area contributed by atoms with Crippen LogP contribution in [0.4, 0.5) is 0 Å². The van der Waals surface area contributed by atoms with Gasteiger partial charge in [0.15, 0.2) is 0 Å². The number of ketones is 1. The molecule has 31 heavy (non-hydrogen) atoms. The van der Waals surface area contributed by atoms with E-state index in [2.05, 4.69) is 41.3 Å². The zero-order valence-electron chi connectivity index (χ0n) is 18.0. The lowest BCUT2D eigenvalue weighted by Crippen LogP contribution is -2.38. The summed E-state index contributed by atoms with van der Waals surface area (Å²) in [4.78, 5) is 29.8. The van der Waals surface area contributed by atoms with Crippen molar-refractivity contribution in [1.29, 1.82) is 0 Å². The number of Topliss-reactive ketones (excluding diaryl/α,β-unsaturated/α-hetero) is 1. The SMILES string of the molecule is CCN(CC)CCN1C(=O)C(=O)/C(=C(/O)c2cccc(OC)c2)C1c1ccc(I)cc1. The molecule has 1 aliphatic rings. The van der Waals surface area contributed by atoms with E-state index in [4.69, 9.17) is 4.74 Å². The van der Waals surface area contributed by atoms with Gasteiger partial charge in [-0.3, -0.25) is 9.59 Å². The third kappa shape index (κ3) is 4.93. The average Bonchev–Trinajstić information content (AvgIpc) is 3.04. The van der Waals surface area contributed by atoms with E-state index in [1.807, 2.05) is 24.3 Å². The molecule has 7 heteroatoms. The second kappa shape index (κ2) is 10.3. The van der Waals surface area contributed by atoms with Gasteiger partial charge in [0.25, 0.3) is 11.7 Å². The minimum atomic E-state index is -0.664. The van der Waals surface area contributed by atoms with Crippen LogP contribution >= 0.6 is 22.6 Å². The summed E-state index contributed by atoms with van der Waals surface area (Å²) in [6, 6.07) is 13.9. The first-order valence-electron chi connectivity index (χ1n) is 10.3. The number of halogens is 1. The molecule has 1 saturated heterocycles. The molecule has 0 aromatic heterocycles. The van der Waals surface area contributed by atoms with Crippen molar-refractivity contribution in [3.05, 3.63) is 68.8 Å². The number of methoxy groups -OCH3 is 1. The van der Waals surface area contributed by atoms with Crippen molar-refractivity contribution in [3.63, 3.8) is 0 Å². The number of hydrogen-bond acceptors (Lipinski definition) is 5. The van der Waals surface area contributed by atoms with Crippen molar-refractivity contribution >= 4 is 40.0 Å². The van der Waals surface area contributed by atoms with Gasteiger partial charge in [-0.1, -0.05) is 38.1 Å². The summed E-state index contributed by atoms with van der Waals surface area (Å²) < 4.78 is 6.30. The maximum atomic E-state index is 13.1. The molecule has 6 nitrogen and oxygen atoms in total. The minimum Gasteiger partial charge on any atom is -0.507 e. The summed E-state index contributed by atoms with van der Waals surface area (Å²) in [7, 11) is 1.54. The third-order valence-corrected chi connectivity index (χ3v) is 6.34. The number of carbonyl (C=O) groups is 2. The Bertz CT molecular complexity index is 983. The van der Waals surface area contributed by atoms with E-state index in [1.54, 1.807) is 29.2 Å². The molecule has 1 atom stereocenters. The second-order valence-electron chi connectivity index (χ2n) is 7.30. The highest BCUT2D eigenvalue weighted by molar-refractivity contribution is 14.1. The topological polar surface area (TPSA) is 70.1 Å². The van der Waals surface area contributed by atoms with Gasteiger partial charge < -0.3 is 19.6 Å². The Hall–Kier alpha value is -2.39. The molecule has 0 bridgehead atoms. The van der Waals surface area contributed by atoms with Gasteiger partial charge in [-0.15, -0.1) is 0 Å². The Balaban J connectivity index is 2.10. The molecule has 1 amide bonds. The van der Waals surface area contributed by atoms with Gasteiger partial charge in [0.05, 0.1) is 18.7 Å². The van der Waals surface area contributed by atoms with Crippen LogP contribution in [-0.4, -0.2) is 59.9 Å². The molecule has 1 N–H and O–H groups in total. The number of ether oxygens (including phenoxy) is 1. The lowest BCUT2D eigenvalue weighted by molar-refractivity contribution is -0.140. The van der Waals surface area contributed by atoms with Gasteiger partial charge in [-0.25, -0.2) is 0 Å². The number of aliphatic hydroxyl groups is 1. The predicted octanol–water partition coefficient (Wildman–Crippen LogP) is 4.06. The number of likely N-dealkylation sites (N-methyl/N-ethyl adjacent to an activating group) is 1. The highest BCUT2D eigenvalue weighted by Crippen LogP contribution is 2.39. The van der Waals surface area contributed by atoms with Crippen LogP contribution in [0.2, 0.25) is 0 Å². The third-order valence-electron chi connectivity index (χ3n) is 5.62. The van der Waals surface area contributed by atoms with Crippen molar-refractivity contribution in [2.24, 2.45) is 0 Å². The summed E-state index contributed by atoms with van der Waals surface area (Å²) in [5.41, 5.74) is 1.35. The predicted molar refractivity (Wildman–Crippen MR) is 129 cm³/mol. The van der Waals surface area contributed by atoms with E-state index in [9.17, 15) is 14.7 Å². The highest BCUT2D eigenvalue weighted by atomic mass is 127. The van der Waals surface area contributed by atoms with Crippen molar-refractivity contribution in [2.45, 2.75) is 19.9 Å². The van der Waals surface area contributed by atoms with Crippen LogP contribution in [0.5, 0.6) is 5.75 Å². The van der Waals surface area contributed by atoms with E-state index in [0.717, 1.165) is 22.2 Å². The number of aliphatic hydroxyl groups excluding tert-OH is 1. The van der Waals surface area contributed by atoms with Crippen LogP contribution in [-0.2, 0) is 9.59 Å². The lowest BCUT2D eigenvalue weighted by atomic mass is 9.95. The molecule has 0 spiro atoms. The normalized spacial score (nSPS) is 18.1. The molecule has 2 aromatic rings. The summed E-state index contributed by atoms with van der Waals surface area (Å²) in [6.45, 7) is 6.91. The number of hydrogen-bond donors (Lipinski definition) is 1. The zero-order chi connectivity index (χ0) is 22.5. The summed E-state index contributed by atoms with van der Waals surface area (Å²) in [5, 5.41) is 11.1. The molecule has 2 aromatic carbocycles. The van der Waals surface area contributed by atoms with Gasteiger partial charge >= 0.3 is 0 Å². The van der Waals surface area contributed by atoms with E-state index in [0.29, 0.717) is 24.4 Å². The van der Waals surface area contributed by atoms with Crippen molar-refractivity contribution < 1.29 is 19.4 Å². The zero-order valence-corrected chi connectivity index (χ0v) is 20.1. The van der Waals surface area contributed by atoms with Crippen LogP contribution in [0.3, 0.4) is 0 Å². The maximum absolute atomic E-state index is 13.1. The van der Waals surface area contributed by atoms with Crippen LogP contribution in [0.25, 0.3) is 5.76 Å². The van der Waals surface area contributed by atoms with E-state index < -0.39 is 17.7 Å². The largest absolute Gasteiger partial charge is 0.507 e. The van der Waals surface area contributed by atoms with Gasteiger partial charge in [0.2, 0.25) is 0 Å². The Labute approximate surface area is 196 Å². The Morgan fingerprint density at radius 2 is 1.81 bits per heavy atom. The quantitative estimate of drug-likeness (QED) is 0.240. The molecule has 3 rings (SSSR count). The van der Waals surface area contributed by atoms with Crippen molar-refractivity contribution in [3.8, 4) is 5.75 Å². The van der Waals surface area contributed by atoms with Crippen LogP contribution in [0.1, 0.15) is 31.0 Å². The molecule has 0 aliphatic carbocycles. The molecule has 0 radical (unpaired) electrons. The van der Waals surface area contributed by atoms with Crippen molar-refractivity contribution in [1.82, 2.24) is 9.80 Å². The first-order chi connectivity index (χ1) is 14.9. The van der Waals surface area contributed by atoms with E-state index >= 15 is 0 Å². The van der Waals surface area contributed by atoms with Gasteiger partial charge in [-0.2, -0.15) is 0 Å². The Morgan fingerprint density at radius 1 is 1.13 bits per heavy atom.